The highest BCUT2D eigenvalue weighted by Crippen LogP contribution is 2.41. The van der Waals surface area contributed by atoms with Gasteiger partial charge in [-0.1, -0.05) is 26.2 Å². The number of unbranched alkanes of at least 4 members (excludes halogenated alkanes) is 3. The van der Waals surface area contributed by atoms with E-state index < -0.39 is 29.9 Å². The van der Waals surface area contributed by atoms with E-state index >= 15 is 0 Å². The highest BCUT2D eigenvalue weighted by Gasteiger charge is 2.58. The molecule has 2 aromatic rings. The first kappa shape index (κ1) is 22.0. The van der Waals surface area contributed by atoms with Gasteiger partial charge in [0.25, 0.3) is 0 Å². The molecular weight excluding hydrogens is 390 g/mol. The Morgan fingerprint density at radius 3 is 2.90 bits per heavy atom. The van der Waals surface area contributed by atoms with Gasteiger partial charge >= 0.3 is 5.97 Å². The third-order valence-corrected chi connectivity index (χ3v) is 5.42. The lowest BCUT2D eigenvalue weighted by Crippen LogP contribution is -2.41. The van der Waals surface area contributed by atoms with Crippen LogP contribution >= 0.6 is 0 Å². The molecule has 162 valence electrons. The molecule has 10 heteroatoms. The van der Waals surface area contributed by atoms with Crippen LogP contribution in [0.3, 0.4) is 0 Å². The van der Waals surface area contributed by atoms with Crippen molar-refractivity contribution < 1.29 is 24.5 Å². The topological polar surface area (TPSA) is 156 Å². The SMILES string of the molecule is CCCCCCC(=O)OCC1OC(C#N)(c2cc(C)c3c(N)ncnn23)C(O)C1O. The molecule has 3 rings (SSSR count). The van der Waals surface area contributed by atoms with Gasteiger partial charge in [0.15, 0.2) is 5.82 Å². The average Bonchev–Trinajstić information content (AvgIpc) is 3.20. The van der Waals surface area contributed by atoms with E-state index in [9.17, 15) is 20.3 Å². The third-order valence-electron chi connectivity index (χ3n) is 5.42. The molecule has 1 saturated heterocycles. The van der Waals surface area contributed by atoms with Crippen LogP contribution in [0.1, 0.15) is 50.3 Å². The van der Waals surface area contributed by atoms with Crippen LogP contribution in [0.5, 0.6) is 0 Å². The summed E-state index contributed by atoms with van der Waals surface area (Å²) in [7, 11) is 0. The van der Waals surface area contributed by atoms with Crippen molar-refractivity contribution in [1.29, 1.82) is 5.26 Å². The van der Waals surface area contributed by atoms with Crippen molar-refractivity contribution in [3.8, 4) is 6.07 Å². The highest BCUT2D eigenvalue weighted by molar-refractivity contribution is 5.71. The molecule has 1 aliphatic heterocycles. The summed E-state index contributed by atoms with van der Waals surface area (Å²) in [5, 5.41) is 35.2. The molecule has 3 heterocycles. The van der Waals surface area contributed by atoms with Gasteiger partial charge in [-0.05, 0) is 25.0 Å². The van der Waals surface area contributed by atoms with Crippen LogP contribution < -0.4 is 5.73 Å². The molecule has 4 unspecified atom stereocenters. The zero-order valence-corrected chi connectivity index (χ0v) is 17.1. The zero-order chi connectivity index (χ0) is 21.9. The van der Waals surface area contributed by atoms with Crippen LogP contribution in [-0.2, 0) is 19.9 Å². The number of hydrogen-bond acceptors (Lipinski definition) is 9. The Morgan fingerprint density at radius 1 is 1.43 bits per heavy atom. The summed E-state index contributed by atoms with van der Waals surface area (Å²) in [6.45, 7) is 3.58. The Hall–Kier alpha value is -2.74. The molecule has 2 aromatic heterocycles. The van der Waals surface area contributed by atoms with Gasteiger partial charge in [-0.15, -0.1) is 0 Å². The number of ether oxygens (including phenoxy) is 2. The lowest BCUT2D eigenvalue weighted by molar-refractivity contribution is -0.150. The number of nitrogen functional groups attached to an aromatic ring is 1. The lowest BCUT2D eigenvalue weighted by atomic mass is 9.92. The lowest BCUT2D eigenvalue weighted by Gasteiger charge is -2.24. The predicted octanol–water partition coefficient (Wildman–Crippen LogP) is 0.973. The first-order chi connectivity index (χ1) is 14.4. The number of nitrogens with two attached hydrogens (primary N) is 1. The Balaban J connectivity index is 1.79. The third kappa shape index (κ3) is 3.84. The largest absolute Gasteiger partial charge is 0.463 e. The minimum atomic E-state index is -1.91. The van der Waals surface area contributed by atoms with Crippen LogP contribution in [0.25, 0.3) is 5.52 Å². The van der Waals surface area contributed by atoms with Crippen LogP contribution in [0.15, 0.2) is 12.4 Å². The molecule has 1 fully saturated rings. The number of rotatable bonds is 8. The Bertz CT molecular complexity index is 955. The Labute approximate surface area is 174 Å². The van der Waals surface area contributed by atoms with Gasteiger partial charge in [0.05, 0.1) is 5.69 Å². The standard InChI is InChI=1S/C20H27N5O5/c1-3-4-5-6-7-15(26)29-9-13-17(27)18(28)20(10-21,30-13)14-8-12(2)16-19(22)23-11-24-25(14)16/h8,11,13,17-18,27-28H,3-7,9H2,1-2H3,(H2,22,23,24). The second-order valence-electron chi connectivity index (χ2n) is 7.55. The molecule has 0 aliphatic carbocycles. The monoisotopic (exact) mass is 417 g/mol. The van der Waals surface area contributed by atoms with Crippen molar-refractivity contribution in [3.05, 3.63) is 23.7 Å². The van der Waals surface area contributed by atoms with Crippen molar-refractivity contribution in [1.82, 2.24) is 14.6 Å². The summed E-state index contributed by atoms with van der Waals surface area (Å²) in [6.07, 6.45) is 1.21. The molecule has 1 aliphatic rings. The van der Waals surface area contributed by atoms with Gasteiger partial charge in [-0.3, -0.25) is 4.79 Å². The predicted molar refractivity (Wildman–Crippen MR) is 106 cm³/mol. The summed E-state index contributed by atoms with van der Waals surface area (Å²) in [5.74, 6) is -0.196. The van der Waals surface area contributed by atoms with E-state index in [1.54, 1.807) is 13.0 Å². The van der Waals surface area contributed by atoms with Gasteiger partial charge in [-0.25, -0.2) is 9.50 Å². The van der Waals surface area contributed by atoms with Crippen molar-refractivity contribution in [3.63, 3.8) is 0 Å². The number of nitrogens with zero attached hydrogens (tertiary/aromatic N) is 4. The van der Waals surface area contributed by atoms with Crippen molar-refractivity contribution in [2.75, 3.05) is 12.3 Å². The second-order valence-corrected chi connectivity index (χ2v) is 7.55. The maximum Gasteiger partial charge on any atom is 0.305 e. The average molecular weight is 417 g/mol. The fourth-order valence-electron chi connectivity index (χ4n) is 3.78. The molecule has 0 aromatic carbocycles. The van der Waals surface area contributed by atoms with E-state index in [1.807, 2.05) is 6.07 Å². The van der Waals surface area contributed by atoms with E-state index in [0.29, 0.717) is 11.1 Å². The quantitative estimate of drug-likeness (QED) is 0.420. The fraction of sp³-hybridized carbons (Fsp3) is 0.600. The summed E-state index contributed by atoms with van der Waals surface area (Å²) < 4.78 is 12.4. The fourth-order valence-corrected chi connectivity index (χ4v) is 3.78. The Morgan fingerprint density at radius 2 is 2.20 bits per heavy atom. The van der Waals surface area contributed by atoms with E-state index in [2.05, 4.69) is 17.0 Å². The van der Waals surface area contributed by atoms with Crippen LogP contribution in [0, 0.1) is 18.3 Å². The maximum atomic E-state index is 11.9. The highest BCUT2D eigenvalue weighted by atomic mass is 16.6. The van der Waals surface area contributed by atoms with Gasteiger partial charge in [0, 0.05) is 6.42 Å². The molecule has 0 saturated carbocycles. The minimum absolute atomic E-state index is 0.212. The molecule has 0 radical (unpaired) electrons. The first-order valence-corrected chi connectivity index (χ1v) is 10.1. The molecule has 4 N–H and O–H groups in total. The van der Waals surface area contributed by atoms with Crippen molar-refractivity contribution >= 4 is 17.3 Å². The minimum Gasteiger partial charge on any atom is -0.463 e. The maximum absolute atomic E-state index is 11.9. The number of anilines is 1. The molecule has 0 amide bonds. The van der Waals surface area contributed by atoms with Crippen molar-refractivity contribution in [2.45, 2.75) is 69.9 Å². The summed E-state index contributed by atoms with van der Waals surface area (Å²) >= 11 is 0. The number of carbonyl (C=O) groups excluding carboxylic acids is 1. The molecule has 0 spiro atoms. The molecular formula is C20H27N5O5. The zero-order valence-electron chi connectivity index (χ0n) is 17.1. The Kier molecular flexibility index (Phi) is 6.55. The number of carbonyl (C=O) groups is 1. The number of aliphatic hydroxyl groups is 2. The number of aryl methyl sites for hydroxylation is 1. The van der Waals surface area contributed by atoms with E-state index in [4.69, 9.17) is 15.2 Å². The summed E-state index contributed by atoms with van der Waals surface area (Å²) in [4.78, 5) is 15.9. The van der Waals surface area contributed by atoms with Crippen LogP contribution in [0.4, 0.5) is 5.82 Å². The van der Waals surface area contributed by atoms with Gasteiger partial charge in [0.2, 0.25) is 5.60 Å². The number of hydrogen-bond donors (Lipinski definition) is 3. The van der Waals surface area contributed by atoms with E-state index in [0.717, 1.165) is 25.7 Å². The van der Waals surface area contributed by atoms with Crippen molar-refractivity contribution in [2.24, 2.45) is 0 Å². The van der Waals surface area contributed by atoms with E-state index in [-0.39, 0.29) is 24.5 Å². The molecule has 10 nitrogen and oxygen atoms in total. The summed E-state index contributed by atoms with van der Waals surface area (Å²) in [5.41, 5.74) is 5.39. The first-order valence-electron chi connectivity index (χ1n) is 10.1. The van der Waals surface area contributed by atoms with E-state index in [1.165, 1.54) is 10.8 Å². The summed E-state index contributed by atoms with van der Waals surface area (Å²) in [6, 6.07) is 3.58. The smallest absolute Gasteiger partial charge is 0.305 e. The number of aliphatic hydroxyl groups excluding tert-OH is 2. The second kappa shape index (κ2) is 8.95. The van der Waals surface area contributed by atoms with Crippen LogP contribution in [-0.4, -0.2) is 55.7 Å². The number of fused-ring (bicyclic) bond motifs is 1. The normalized spacial score (nSPS) is 26.0. The van der Waals surface area contributed by atoms with Gasteiger partial charge in [0.1, 0.15) is 42.8 Å². The molecule has 30 heavy (non-hydrogen) atoms. The molecule has 4 atom stereocenters. The number of nitriles is 1. The van der Waals surface area contributed by atoms with Gasteiger partial charge in [-0.2, -0.15) is 10.4 Å². The molecule has 0 bridgehead atoms. The number of esters is 1. The van der Waals surface area contributed by atoms with Gasteiger partial charge < -0.3 is 25.4 Å². The van der Waals surface area contributed by atoms with Crippen LogP contribution in [0.2, 0.25) is 0 Å². The number of aromatic nitrogens is 3.